The summed E-state index contributed by atoms with van der Waals surface area (Å²) in [4.78, 5) is 11.8. The van der Waals surface area contributed by atoms with Gasteiger partial charge < -0.3 is 49.6 Å². The Kier molecular flexibility index (Phi) is 8.30. The molecule has 0 aromatic carbocycles. The van der Waals surface area contributed by atoms with E-state index in [-0.39, 0.29) is 13.0 Å². The third-order valence-corrected chi connectivity index (χ3v) is 4.55. The zero-order valence-electron chi connectivity index (χ0n) is 15.5. The van der Waals surface area contributed by atoms with Gasteiger partial charge in [-0.25, -0.2) is 0 Å². The Morgan fingerprint density at radius 2 is 1.61 bits per heavy atom. The summed E-state index contributed by atoms with van der Waals surface area (Å²) in [7, 11) is 0. The van der Waals surface area contributed by atoms with Crippen LogP contribution in [0.4, 0.5) is 0 Å². The number of hydrogen-bond donors (Lipinski definition) is 6. The van der Waals surface area contributed by atoms with Crippen molar-refractivity contribution in [3.8, 4) is 0 Å². The summed E-state index contributed by atoms with van der Waals surface area (Å²) < 4.78 is 20.7. The van der Waals surface area contributed by atoms with Gasteiger partial charge in [-0.3, -0.25) is 4.79 Å². The molecule has 0 aromatic rings. The number of aliphatic hydroxyl groups is 6. The highest BCUT2D eigenvalue weighted by atomic mass is 16.7. The van der Waals surface area contributed by atoms with Crippen LogP contribution in [0.3, 0.4) is 0 Å². The Bertz CT molecular complexity index is 541. The van der Waals surface area contributed by atoms with Crippen molar-refractivity contribution in [3.63, 3.8) is 0 Å². The maximum atomic E-state index is 11.8. The highest BCUT2D eigenvalue weighted by molar-refractivity contribution is 5.69. The van der Waals surface area contributed by atoms with Gasteiger partial charge in [0, 0.05) is 6.42 Å². The van der Waals surface area contributed by atoms with Gasteiger partial charge in [0.2, 0.25) is 6.29 Å². The SMILES string of the molecule is C=C(C)CCC(=O)O[C@@H]1O[C@H](CO[C@@H]2OC[C@@H](O)[C@H](O)[C@H]2O)[C@@H](O)[C@H](O)[C@H]1O. The van der Waals surface area contributed by atoms with E-state index < -0.39 is 67.9 Å². The minimum atomic E-state index is -1.68. The molecule has 162 valence electrons. The Labute approximate surface area is 161 Å². The van der Waals surface area contributed by atoms with Crippen LogP contribution in [-0.2, 0) is 23.7 Å². The smallest absolute Gasteiger partial charge is 0.308 e. The molecule has 0 amide bonds. The maximum absolute atomic E-state index is 11.8. The molecule has 2 heterocycles. The minimum Gasteiger partial charge on any atom is -0.433 e. The lowest BCUT2D eigenvalue weighted by Gasteiger charge is -2.41. The van der Waals surface area contributed by atoms with Crippen LogP contribution in [0.2, 0.25) is 0 Å². The summed E-state index contributed by atoms with van der Waals surface area (Å²) in [5.41, 5.74) is 0.766. The van der Waals surface area contributed by atoms with Crippen LogP contribution in [0.25, 0.3) is 0 Å². The van der Waals surface area contributed by atoms with Crippen LogP contribution in [0.5, 0.6) is 0 Å². The van der Waals surface area contributed by atoms with Crippen molar-refractivity contribution in [2.45, 2.75) is 75.1 Å². The number of rotatable bonds is 7. The molecule has 6 N–H and O–H groups in total. The molecule has 2 saturated heterocycles. The topological polar surface area (TPSA) is 175 Å². The van der Waals surface area contributed by atoms with E-state index in [1.165, 1.54) is 0 Å². The molecule has 11 heteroatoms. The fourth-order valence-electron chi connectivity index (χ4n) is 2.77. The molecule has 2 aliphatic rings. The second-order valence-electron chi connectivity index (χ2n) is 7.05. The maximum Gasteiger partial charge on any atom is 0.308 e. The second kappa shape index (κ2) is 10.1. The number of hydrogen-bond acceptors (Lipinski definition) is 11. The zero-order chi connectivity index (χ0) is 21.0. The van der Waals surface area contributed by atoms with Crippen LogP contribution in [0.1, 0.15) is 19.8 Å². The van der Waals surface area contributed by atoms with Crippen molar-refractivity contribution in [2.75, 3.05) is 13.2 Å². The first-order valence-corrected chi connectivity index (χ1v) is 8.92. The molecular weight excluding hydrogens is 380 g/mol. The first kappa shape index (κ1) is 23.1. The van der Waals surface area contributed by atoms with E-state index in [2.05, 4.69) is 6.58 Å². The molecule has 28 heavy (non-hydrogen) atoms. The van der Waals surface area contributed by atoms with Gasteiger partial charge in [0.25, 0.3) is 0 Å². The van der Waals surface area contributed by atoms with Crippen molar-refractivity contribution in [2.24, 2.45) is 0 Å². The fraction of sp³-hybridized carbons (Fsp3) is 0.824. The van der Waals surface area contributed by atoms with E-state index in [4.69, 9.17) is 18.9 Å². The highest BCUT2D eigenvalue weighted by Crippen LogP contribution is 2.24. The van der Waals surface area contributed by atoms with E-state index in [1.807, 2.05) is 0 Å². The molecule has 0 saturated carbocycles. The summed E-state index contributed by atoms with van der Waals surface area (Å²) in [5, 5.41) is 58.9. The van der Waals surface area contributed by atoms with Crippen LogP contribution in [-0.4, -0.2) is 105 Å². The lowest BCUT2D eigenvalue weighted by molar-refractivity contribution is -0.315. The lowest BCUT2D eigenvalue weighted by atomic mass is 9.99. The van der Waals surface area contributed by atoms with Crippen LogP contribution in [0, 0.1) is 0 Å². The zero-order valence-corrected chi connectivity index (χ0v) is 15.5. The van der Waals surface area contributed by atoms with Crippen LogP contribution >= 0.6 is 0 Å². The second-order valence-corrected chi connectivity index (χ2v) is 7.05. The molecular formula is C17H28O11. The monoisotopic (exact) mass is 408 g/mol. The third kappa shape index (κ3) is 5.69. The van der Waals surface area contributed by atoms with Crippen molar-refractivity contribution >= 4 is 5.97 Å². The quantitative estimate of drug-likeness (QED) is 0.189. The average Bonchev–Trinajstić information content (AvgIpc) is 2.65. The Hall–Kier alpha value is -1.15. The van der Waals surface area contributed by atoms with Gasteiger partial charge >= 0.3 is 5.97 Å². The molecule has 0 spiro atoms. The number of ether oxygens (including phenoxy) is 4. The van der Waals surface area contributed by atoms with Crippen LogP contribution in [0.15, 0.2) is 12.2 Å². The summed E-state index contributed by atoms with van der Waals surface area (Å²) >= 11 is 0. The molecule has 0 bridgehead atoms. The number of esters is 1. The van der Waals surface area contributed by atoms with Gasteiger partial charge in [-0.2, -0.15) is 0 Å². The van der Waals surface area contributed by atoms with E-state index in [0.29, 0.717) is 6.42 Å². The summed E-state index contributed by atoms with van der Waals surface area (Å²) in [5.74, 6) is -0.682. The van der Waals surface area contributed by atoms with Gasteiger partial charge in [0.05, 0.1) is 13.2 Å². The molecule has 0 radical (unpaired) electrons. The van der Waals surface area contributed by atoms with Crippen molar-refractivity contribution in [1.82, 2.24) is 0 Å². The molecule has 2 aliphatic heterocycles. The fourth-order valence-corrected chi connectivity index (χ4v) is 2.77. The average molecular weight is 408 g/mol. The molecule has 2 rings (SSSR count). The van der Waals surface area contributed by atoms with E-state index in [0.717, 1.165) is 5.57 Å². The van der Waals surface area contributed by atoms with E-state index in [9.17, 15) is 35.4 Å². The Morgan fingerprint density at radius 1 is 0.964 bits per heavy atom. The predicted octanol–water partition coefficient (Wildman–Crippen LogP) is -2.85. The first-order valence-electron chi connectivity index (χ1n) is 8.92. The molecule has 0 unspecified atom stereocenters. The summed E-state index contributed by atoms with van der Waals surface area (Å²) in [6, 6.07) is 0. The summed E-state index contributed by atoms with van der Waals surface area (Å²) in [6.07, 6.45) is -12.9. The molecule has 0 aliphatic carbocycles. The highest BCUT2D eigenvalue weighted by Gasteiger charge is 2.46. The predicted molar refractivity (Wildman–Crippen MR) is 90.5 cm³/mol. The third-order valence-electron chi connectivity index (χ3n) is 4.55. The standard InChI is InChI=1S/C17H28O11/c1-7(2)3-4-10(19)28-17-15(24)13(22)12(21)9(27-17)6-26-16-14(23)11(20)8(18)5-25-16/h8-9,11-18,20-24H,1,3-6H2,2H3/t8-,9-,11+,12-,13+,14-,15-,16+,17+/m1/s1. The number of aliphatic hydroxyl groups excluding tert-OH is 6. The largest absolute Gasteiger partial charge is 0.433 e. The van der Waals surface area contributed by atoms with Gasteiger partial charge in [-0.05, 0) is 13.3 Å². The van der Waals surface area contributed by atoms with Gasteiger partial charge in [0.1, 0.15) is 42.7 Å². The molecule has 9 atom stereocenters. The number of allylic oxidation sites excluding steroid dienone is 1. The lowest BCUT2D eigenvalue weighted by Crippen LogP contribution is -2.60. The first-order chi connectivity index (χ1) is 13.1. The minimum absolute atomic E-state index is 0.00402. The summed E-state index contributed by atoms with van der Waals surface area (Å²) in [6.45, 7) is 4.71. The Balaban J connectivity index is 1.92. The van der Waals surface area contributed by atoms with Gasteiger partial charge in [-0.15, -0.1) is 6.58 Å². The van der Waals surface area contributed by atoms with E-state index in [1.54, 1.807) is 6.92 Å². The molecule has 11 nitrogen and oxygen atoms in total. The molecule has 0 aromatic heterocycles. The number of carbonyl (C=O) groups is 1. The Morgan fingerprint density at radius 3 is 2.25 bits per heavy atom. The van der Waals surface area contributed by atoms with Crippen molar-refractivity contribution < 1.29 is 54.4 Å². The van der Waals surface area contributed by atoms with Gasteiger partial charge in [-0.1, -0.05) is 5.57 Å². The number of carbonyl (C=O) groups excluding carboxylic acids is 1. The van der Waals surface area contributed by atoms with Gasteiger partial charge in [0.15, 0.2) is 6.29 Å². The van der Waals surface area contributed by atoms with Crippen LogP contribution < -0.4 is 0 Å². The normalized spacial score (nSPS) is 41.5. The molecule has 2 fully saturated rings. The van der Waals surface area contributed by atoms with Crippen molar-refractivity contribution in [3.05, 3.63) is 12.2 Å². The van der Waals surface area contributed by atoms with E-state index >= 15 is 0 Å². The van der Waals surface area contributed by atoms with Crippen molar-refractivity contribution in [1.29, 1.82) is 0 Å².